The topological polar surface area (TPSA) is 58.6 Å². The number of carbonyl (C=O) groups is 2. The third kappa shape index (κ3) is 6.09. The largest absolute Gasteiger partial charge is 0.497 e. The second kappa shape index (κ2) is 10.5. The molecule has 1 atom stereocenters. The maximum absolute atomic E-state index is 13.4. The molecule has 0 saturated heterocycles. The lowest BCUT2D eigenvalue weighted by atomic mass is 10.0. The summed E-state index contributed by atoms with van der Waals surface area (Å²) in [5.74, 6) is 0.650. The summed E-state index contributed by atoms with van der Waals surface area (Å²) >= 11 is 0. The molecule has 1 N–H and O–H groups in total. The van der Waals surface area contributed by atoms with Crippen LogP contribution in [-0.4, -0.2) is 35.9 Å². The van der Waals surface area contributed by atoms with E-state index in [9.17, 15) is 9.59 Å². The molecule has 3 rings (SSSR count). The molecule has 0 bridgehead atoms. The molecule has 5 nitrogen and oxygen atoms in total. The predicted octanol–water partition coefficient (Wildman–Crippen LogP) is 4.33. The summed E-state index contributed by atoms with van der Waals surface area (Å²) in [6.07, 6.45) is 4.63. The van der Waals surface area contributed by atoms with Crippen LogP contribution in [0.15, 0.2) is 42.5 Å². The number of methoxy groups -OCH3 is 1. The molecule has 1 aliphatic carbocycles. The van der Waals surface area contributed by atoms with Gasteiger partial charge >= 0.3 is 0 Å². The lowest BCUT2D eigenvalue weighted by molar-refractivity contribution is -0.140. The first kappa shape index (κ1) is 22.9. The molecule has 1 unspecified atom stereocenters. The van der Waals surface area contributed by atoms with E-state index in [0.29, 0.717) is 6.54 Å². The van der Waals surface area contributed by atoms with Gasteiger partial charge in [0.25, 0.3) is 0 Å². The van der Waals surface area contributed by atoms with E-state index in [4.69, 9.17) is 4.74 Å². The van der Waals surface area contributed by atoms with Gasteiger partial charge in [-0.25, -0.2) is 0 Å². The highest BCUT2D eigenvalue weighted by atomic mass is 16.5. The standard InChI is InChI=1S/C26H34N2O3/c1-18-9-10-19(2)22(15-18)16-25(29)28(17-21-11-13-24(31-4)14-12-21)20(3)26(30)27-23-7-5-6-8-23/h9-15,20,23H,5-8,16-17H2,1-4H3,(H,27,30). The van der Waals surface area contributed by atoms with Gasteiger partial charge in [0, 0.05) is 12.6 Å². The molecule has 0 aliphatic heterocycles. The van der Waals surface area contributed by atoms with Crippen LogP contribution in [0.2, 0.25) is 0 Å². The molecule has 1 aliphatic rings. The van der Waals surface area contributed by atoms with E-state index in [2.05, 4.69) is 17.4 Å². The number of nitrogens with one attached hydrogen (secondary N) is 1. The average molecular weight is 423 g/mol. The second-order valence-corrected chi connectivity index (χ2v) is 8.64. The van der Waals surface area contributed by atoms with Crippen molar-refractivity contribution in [1.82, 2.24) is 10.2 Å². The van der Waals surface area contributed by atoms with Gasteiger partial charge in [0.2, 0.25) is 11.8 Å². The van der Waals surface area contributed by atoms with Crippen molar-refractivity contribution in [2.24, 2.45) is 0 Å². The maximum atomic E-state index is 13.4. The van der Waals surface area contributed by atoms with Crippen LogP contribution in [0.4, 0.5) is 0 Å². The normalized spacial score (nSPS) is 14.8. The molecular formula is C26H34N2O3. The Morgan fingerprint density at radius 2 is 1.77 bits per heavy atom. The highest BCUT2D eigenvalue weighted by Crippen LogP contribution is 2.20. The van der Waals surface area contributed by atoms with E-state index < -0.39 is 6.04 Å². The van der Waals surface area contributed by atoms with Crippen molar-refractivity contribution in [1.29, 1.82) is 0 Å². The molecule has 0 radical (unpaired) electrons. The number of carbonyl (C=O) groups excluding carboxylic acids is 2. The number of amides is 2. The Hall–Kier alpha value is -2.82. The lowest BCUT2D eigenvalue weighted by Crippen LogP contribution is -2.50. The van der Waals surface area contributed by atoms with Gasteiger partial charge in [-0.15, -0.1) is 0 Å². The van der Waals surface area contributed by atoms with Crippen LogP contribution in [0.5, 0.6) is 5.75 Å². The number of rotatable bonds is 8. The second-order valence-electron chi connectivity index (χ2n) is 8.64. The summed E-state index contributed by atoms with van der Waals surface area (Å²) in [5.41, 5.74) is 4.19. The molecule has 0 spiro atoms. The van der Waals surface area contributed by atoms with Gasteiger partial charge in [-0.2, -0.15) is 0 Å². The summed E-state index contributed by atoms with van der Waals surface area (Å²) in [5, 5.41) is 3.15. The Morgan fingerprint density at radius 1 is 1.10 bits per heavy atom. The Labute approximate surface area is 185 Å². The van der Waals surface area contributed by atoms with Crippen molar-refractivity contribution < 1.29 is 14.3 Å². The van der Waals surface area contributed by atoms with Gasteiger partial charge in [-0.3, -0.25) is 9.59 Å². The number of hydrogen-bond donors (Lipinski definition) is 1. The lowest BCUT2D eigenvalue weighted by Gasteiger charge is -2.30. The zero-order valence-electron chi connectivity index (χ0n) is 19.1. The Bertz CT molecular complexity index is 901. The quantitative estimate of drug-likeness (QED) is 0.689. The van der Waals surface area contributed by atoms with Crippen LogP contribution in [0.3, 0.4) is 0 Å². The van der Waals surface area contributed by atoms with Gasteiger partial charge in [-0.1, -0.05) is 48.7 Å². The first-order chi connectivity index (χ1) is 14.9. The van der Waals surface area contributed by atoms with Crippen LogP contribution < -0.4 is 10.1 Å². The van der Waals surface area contributed by atoms with Crippen LogP contribution in [0.1, 0.15) is 54.9 Å². The zero-order valence-corrected chi connectivity index (χ0v) is 19.1. The molecule has 0 aromatic heterocycles. The Morgan fingerprint density at radius 3 is 2.42 bits per heavy atom. The zero-order chi connectivity index (χ0) is 22.4. The fourth-order valence-corrected chi connectivity index (χ4v) is 4.16. The molecule has 5 heteroatoms. The van der Waals surface area contributed by atoms with Crippen molar-refractivity contribution in [3.8, 4) is 5.75 Å². The van der Waals surface area contributed by atoms with Gasteiger partial charge in [0.15, 0.2) is 0 Å². The minimum atomic E-state index is -0.541. The SMILES string of the molecule is COc1ccc(CN(C(=O)Cc2cc(C)ccc2C)C(C)C(=O)NC2CCCC2)cc1. The Balaban J connectivity index is 1.79. The third-order valence-corrected chi connectivity index (χ3v) is 6.23. The molecule has 166 valence electrons. The van der Waals surface area contributed by atoms with E-state index in [-0.39, 0.29) is 24.3 Å². The molecule has 2 amide bonds. The molecular weight excluding hydrogens is 388 g/mol. The number of benzene rings is 2. The van der Waals surface area contributed by atoms with Gasteiger partial charge in [0.1, 0.15) is 11.8 Å². The number of hydrogen-bond acceptors (Lipinski definition) is 3. The van der Waals surface area contributed by atoms with Crippen molar-refractivity contribution >= 4 is 11.8 Å². The monoisotopic (exact) mass is 422 g/mol. The summed E-state index contributed by atoms with van der Waals surface area (Å²) in [4.78, 5) is 28.1. The molecule has 1 saturated carbocycles. The van der Waals surface area contributed by atoms with E-state index >= 15 is 0 Å². The third-order valence-electron chi connectivity index (χ3n) is 6.23. The predicted molar refractivity (Wildman–Crippen MR) is 123 cm³/mol. The van der Waals surface area contributed by atoms with Crippen molar-refractivity contribution in [3.05, 3.63) is 64.7 Å². The van der Waals surface area contributed by atoms with Crippen molar-refractivity contribution in [3.63, 3.8) is 0 Å². The fourth-order valence-electron chi connectivity index (χ4n) is 4.16. The van der Waals surface area contributed by atoms with Crippen LogP contribution in [-0.2, 0) is 22.6 Å². The number of ether oxygens (including phenoxy) is 1. The summed E-state index contributed by atoms with van der Waals surface area (Å²) < 4.78 is 5.24. The Kier molecular flexibility index (Phi) is 7.72. The first-order valence-corrected chi connectivity index (χ1v) is 11.2. The summed E-state index contributed by atoms with van der Waals surface area (Å²) in [6.45, 7) is 6.26. The fraction of sp³-hybridized carbons (Fsp3) is 0.462. The summed E-state index contributed by atoms with van der Waals surface area (Å²) in [7, 11) is 1.63. The van der Waals surface area contributed by atoms with E-state index in [1.54, 1.807) is 12.0 Å². The smallest absolute Gasteiger partial charge is 0.242 e. The van der Waals surface area contributed by atoms with Crippen molar-refractivity contribution in [2.45, 2.75) is 71.5 Å². The molecule has 31 heavy (non-hydrogen) atoms. The molecule has 1 fully saturated rings. The van der Waals surface area contributed by atoms with E-state index in [0.717, 1.165) is 53.7 Å². The minimum Gasteiger partial charge on any atom is -0.497 e. The maximum Gasteiger partial charge on any atom is 0.242 e. The number of aryl methyl sites for hydroxylation is 2. The van der Waals surface area contributed by atoms with Gasteiger partial charge in [0.05, 0.1) is 13.5 Å². The minimum absolute atomic E-state index is 0.0430. The average Bonchev–Trinajstić information content (AvgIpc) is 3.27. The number of nitrogens with zero attached hydrogens (tertiary/aromatic N) is 1. The highest BCUT2D eigenvalue weighted by molar-refractivity contribution is 5.88. The van der Waals surface area contributed by atoms with Gasteiger partial charge in [-0.05, 0) is 62.4 Å². The van der Waals surface area contributed by atoms with E-state index in [1.807, 2.05) is 51.1 Å². The first-order valence-electron chi connectivity index (χ1n) is 11.2. The molecule has 0 heterocycles. The van der Waals surface area contributed by atoms with Crippen LogP contribution >= 0.6 is 0 Å². The molecule has 2 aromatic carbocycles. The van der Waals surface area contributed by atoms with Crippen molar-refractivity contribution in [2.75, 3.05) is 7.11 Å². The van der Waals surface area contributed by atoms with Crippen LogP contribution in [0, 0.1) is 13.8 Å². The van der Waals surface area contributed by atoms with Crippen LogP contribution in [0.25, 0.3) is 0 Å². The molecule has 2 aromatic rings. The highest BCUT2D eigenvalue weighted by Gasteiger charge is 2.28. The van der Waals surface area contributed by atoms with Gasteiger partial charge < -0.3 is 15.0 Å². The summed E-state index contributed by atoms with van der Waals surface area (Å²) in [6, 6.07) is 13.5. The van der Waals surface area contributed by atoms with E-state index in [1.165, 1.54) is 0 Å².